The van der Waals surface area contributed by atoms with Gasteiger partial charge in [-0.25, -0.2) is 0 Å². The minimum Gasteiger partial charge on any atom is -0.481 e. The van der Waals surface area contributed by atoms with Crippen molar-refractivity contribution in [3.8, 4) is 11.1 Å². The van der Waals surface area contributed by atoms with Crippen LogP contribution in [0.2, 0.25) is 4.34 Å². The zero-order chi connectivity index (χ0) is 24.2. The molecule has 2 aliphatic rings. The van der Waals surface area contributed by atoms with Crippen LogP contribution in [0.25, 0.3) is 21.3 Å². The van der Waals surface area contributed by atoms with Crippen LogP contribution in [0.3, 0.4) is 0 Å². The summed E-state index contributed by atoms with van der Waals surface area (Å²) in [7, 11) is 0. The molecule has 1 aromatic carbocycles. The van der Waals surface area contributed by atoms with Crippen LogP contribution in [0.1, 0.15) is 41.6 Å². The van der Waals surface area contributed by atoms with E-state index >= 15 is 0 Å². The van der Waals surface area contributed by atoms with Crippen LogP contribution < -0.4 is 5.32 Å². The molecule has 1 spiro atoms. The molecule has 0 unspecified atom stereocenters. The number of rotatable bonds is 6. The van der Waals surface area contributed by atoms with Gasteiger partial charge in [0.05, 0.1) is 21.7 Å². The van der Waals surface area contributed by atoms with Gasteiger partial charge in [0.1, 0.15) is 4.34 Å². The van der Waals surface area contributed by atoms with E-state index in [-0.39, 0.29) is 23.3 Å². The van der Waals surface area contributed by atoms with Crippen LogP contribution in [-0.4, -0.2) is 32.6 Å². The van der Waals surface area contributed by atoms with Crippen LogP contribution in [-0.2, 0) is 11.3 Å². The summed E-state index contributed by atoms with van der Waals surface area (Å²) in [6.07, 6.45) is 8.71. The predicted octanol–water partition coefficient (Wildman–Crippen LogP) is 5.84. The number of halogens is 1. The summed E-state index contributed by atoms with van der Waals surface area (Å²) in [5, 5.41) is 12.3. The summed E-state index contributed by atoms with van der Waals surface area (Å²) in [6.45, 7) is 0.635. The normalized spacial score (nSPS) is 23.1. The Morgan fingerprint density at radius 2 is 1.74 bits per heavy atom. The quantitative estimate of drug-likeness (QED) is 0.345. The number of carboxylic acid groups (broad SMARTS) is 1. The number of thiophene rings is 1. The molecule has 0 radical (unpaired) electrons. The Morgan fingerprint density at radius 3 is 2.43 bits per heavy atom. The minimum absolute atomic E-state index is 0.0763. The molecule has 6 nitrogen and oxygen atoms in total. The number of amides is 1. The molecule has 178 valence electrons. The van der Waals surface area contributed by atoms with E-state index in [0.29, 0.717) is 16.4 Å². The van der Waals surface area contributed by atoms with Crippen molar-refractivity contribution in [1.29, 1.82) is 0 Å². The van der Waals surface area contributed by atoms with Gasteiger partial charge in [0, 0.05) is 31.2 Å². The van der Waals surface area contributed by atoms with Crippen LogP contribution in [0.4, 0.5) is 0 Å². The summed E-state index contributed by atoms with van der Waals surface area (Å²) in [5.41, 5.74) is 4.89. The molecule has 2 fully saturated rings. The summed E-state index contributed by atoms with van der Waals surface area (Å²) in [5.74, 6) is -1.08. The van der Waals surface area contributed by atoms with Gasteiger partial charge in [-0.05, 0) is 66.0 Å². The number of nitrogens with one attached hydrogen (secondary N) is 1. The number of pyridine rings is 1. The third kappa shape index (κ3) is 4.02. The first-order chi connectivity index (χ1) is 16.9. The molecule has 8 heteroatoms. The summed E-state index contributed by atoms with van der Waals surface area (Å²) in [4.78, 5) is 28.4. The number of carbonyl (C=O) groups is 2. The van der Waals surface area contributed by atoms with Gasteiger partial charge >= 0.3 is 5.97 Å². The lowest BCUT2D eigenvalue weighted by Gasteiger charge is -2.56. The van der Waals surface area contributed by atoms with Gasteiger partial charge in [0.2, 0.25) is 0 Å². The van der Waals surface area contributed by atoms with Crippen molar-refractivity contribution in [3.63, 3.8) is 0 Å². The SMILES string of the molecule is O=C(NC1CC2(C1)CC(C(=O)O)C2)c1c(Cl)sc2ccn(Cc3ccc(-c4ccncc4)cc3)c12. The summed E-state index contributed by atoms with van der Waals surface area (Å²) >= 11 is 7.96. The molecule has 6 rings (SSSR count). The molecule has 2 N–H and O–H groups in total. The molecule has 2 saturated carbocycles. The Balaban J connectivity index is 1.17. The molecule has 0 bridgehead atoms. The van der Waals surface area contributed by atoms with Gasteiger partial charge in [-0.2, -0.15) is 0 Å². The molecule has 2 aliphatic carbocycles. The Kier molecular flexibility index (Phi) is 5.42. The zero-order valence-electron chi connectivity index (χ0n) is 18.9. The monoisotopic (exact) mass is 505 g/mol. The highest BCUT2D eigenvalue weighted by atomic mass is 35.5. The van der Waals surface area contributed by atoms with Crippen molar-refractivity contribution in [2.75, 3.05) is 0 Å². The van der Waals surface area contributed by atoms with E-state index in [0.717, 1.165) is 52.6 Å². The number of hydrogen-bond acceptors (Lipinski definition) is 4. The zero-order valence-corrected chi connectivity index (χ0v) is 20.5. The number of carbonyl (C=O) groups excluding carboxylic acids is 1. The second-order valence-electron chi connectivity index (χ2n) is 9.86. The van der Waals surface area contributed by atoms with Gasteiger partial charge < -0.3 is 15.0 Å². The lowest BCUT2D eigenvalue weighted by atomic mass is 9.50. The Bertz CT molecular complexity index is 1410. The van der Waals surface area contributed by atoms with Crippen molar-refractivity contribution in [1.82, 2.24) is 14.9 Å². The van der Waals surface area contributed by atoms with Crippen molar-refractivity contribution in [3.05, 3.63) is 76.5 Å². The topological polar surface area (TPSA) is 84.2 Å². The van der Waals surface area contributed by atoms with Crippen LogP contribution in [0, 0.1) is 11.3 Å². The smallest absolute Gasteiger partial charge is 0.306 e. The Hall–Kier alpha value is -3.16. The maximum absolute atomic E-state index is 13.2. The molecule has 4 aromatic rings. The number of carboxylic acids is 1. The summed E-state index contributed by atoms with van der Waals surface area (Å²) < 4.78 is 3.57. The van der Waals surface area contributed by atoms with E-state index in [9.17, 15) is 9.59 Å². The van der Waals surface area contributed by atoms with E-state index in [1.807, 2.05) is 24.4 Å². The first-order valence-electron chi connectivity index (χ1n) is 11.7. The van der Waals surface area contributed by atoms with Crippen molar-refractivity contribution in [2.24, 2.45) is 11.3 Å². The highest BCUT2D eigenvalue weighted by molar-refractivity contribution is 7.23. The third-order valence-electron chi connectivity index (χ3n) is 7.51. The fourth-order valence-corrected chi connectivity index (χ4v) is 7.11. The molecule has 0 atom stereocenters. The van der Waals surface area contributed by atoms with Crippen LogP contribution in [0.15, 0.2) is 61.1 Å². The fourth-order valence-electron chi connectivity index (χ4n) is 5.75. The van der Waals surface area contributed by atoms with Crippen LogP contribution in [0.5, 0.6) is 0 Å². The van der Waals surface area contributed by atoms with Gasteiger partial charge in [-0.15, -0.1) is 11.3 Å². The maximum atomic E-state index is 13.2. The Morgan fingerprint density at radius 1 is 1.06 bits per heavy atom. The summed E-state index contributed by atoms with van der Waals surface area (Å²) in [6, 6.07) is 14.5. The fraction of sp³-hybridized carbons (Fsp3) is 0.296. The van der Waals surface area contributed by atoms with Gasteiger partial charge in [0.25, 0.3) is 5.91 Å². The molecule has 3 heterocycles. The lowest BCUT2D eigenvalue weighted by molar-refractivity contribution is -0.155. The molecule has 0 aliphatic heterocycles. The van der Waals surface area contributed by atoms with E-state index in [1.54, 1.807) is 12.4 Å². The first kappa shape index (κ1) is 22.3. The molecular formula is C27H24ClN3O3S. The third-order valence-corrected chi connectivity index (χ3v) is 8.86. The van der Waals surface area contributed by atoms with E-state index in [4.69, 9.17) is 16.7 Å². The molecule has 0 saturated heterocycles. The number of aromatic nitrogens is 2. The van der Waals surface area contributed by atoms with Gasteiger partial charge in [-0.3, -0.25) is 14.6 Å². The van der Waals surface area contributed by atoms with E-state index < -0.39 is 5.97 Å². The second kappa shape index (κ2) is 8.50. The van der Waals surface area contributed by atoms with E-state index in [1.165, 1.54) is 11.3 Å². The molecule has 1 amide bonds. The van der Waals surface area contributed by atoms with Crippen molar-refractivity contribution < 1.29 is 14.7 Å². The number of aliphatic carboxylic acids is 1. The molecular weight excluding hydrogens is 482 g/mol. The van der Waals surface area contributed by atoms with Crippen molar-refractivity contribution in [2.45, 2.75) is 38.3 Å². The second-order valence-corrected chi connectivity index (χ2v) is 11.5. The minimum atomic E-state index is -0.705. The number of hydrogen-bond donors (Lipinski definition) is 2. The van der Waals surface area contributed by atoms with Gasteiger partial charge in [-0.1, -0.05) is 35.9 Å². The highest BCUT2D eigenvalue weighted by Gasteiger charge is 2.55. The standard InChI is InChI=1S/C27H24ClN3O3S/c28-24-22(25(32)30-20-13-27(14-20)11-19(12-27)26(33)34)23-21(35-24)7-10-31(23)15-16-1-3-17(4-2-16)18-5-8-29-9-6-18/h1-10,19-20H,11-15H2,(H,30,32)(H,33,34). The number of benzene rings is 1. The average molecular weight is 506 g/mol. The maximum Gasteiger partial charge on any atom is 0.306 e. The highest BCUT2D eigenvalue weighted by Crippen LogP contribution is 2.58. The average Bonchev–Trinajstić information content (AvgIpc) is 3.33. The van der Waals surface area contributed by atoms with Crippen molar-refractivity contribution >= 4 is 45.0 Å². The molecule has 35 heavy (non-hydrogen) atoms. The largest absolute Gasteiger partial charge is 0.481 e. The molecule has 3 aromatic heterocycles. The van der Waals surface area contributed by atoms with Crippen LogP contribution >= 0.6 is 22.9 Å². The Labute approximate surface area is 211 Å². The van der Waals surface area contributed by atoms with E-state index in [2.05, 4.69) is 39.1 Å². The van der Waals surface area contributed by atoms with Gasteiger partial charge in [0.15, 0.2) is 0 Å². The number of nitrogens with zero attached hydrogens (tertiary/aromatic N) is 2. The first-order valence-corrected chi connectivity index (χ1v) is 12.9. The number of fused-ring (bicyclic) bond motifs is 1. The predicted molar refractivity (Wildman–Crippen MR) is 137 cm³/mol. The lowest BCUT2D eigenvalue weighted by Crippen LogP contribution is -2.57.